The highest BCUT2D eigenvalue weighted by molar-refractivity contribution is 7.93. The number of amides is 1. The molecule has 114 valence electrons. The molecule has 0 aromatic heterocycles. The Bertz CT molecular complexity index is 869. The number of anilines is 1. The Labute approximate surface area is 129 Å². The molecule has 3 rings (SSSR count). The minimum atomic E-state index is -3.72. The molecule has 0 fully saturated rings. The van der Waals surface area contributed by atoms with E-state index >= 15 is 0 Å². The number of carbonyl (C=O) groups is 1. The van der Waals surface area contributed by atoms with Gasteiger partial charge in [-0.3, -0.25) is 9.10 Å². The first kappa shape index (κ1) is 14.6. The summed E-state index contributed by atoms with van der Waals surface area (Å²) in [7, 11) is -3.72. The predicted molar refractivity (Wildman–Crippen MR) is 86.3 cm³/mol. The molecule has 0 saturated heterocycles. The van der Waals surface area contributed by atoms with Crippen LogP contribution in [0, 0.1) is 0 Å². The van der Waals surface area contributed by atoms with Gasteiger partial charge < -0.3 is 5.32 Å². The highest BCUT2D eigenvalue weighted by atomic mass is 32.2. The summed E-state index contributed by atoms with van der Waals surface area (Å²) in [4.78, 5) is 12.4. The van der Waals surface area contributed by atoms with Crippen LogP contribution in [0.1, 0.15) is 6.92 Å². The van der Waals surface area contributed by atoms with E-state index in [2.05, 4.69) is 11.9 Å². The van der Waals surface area contributed by atoms with Crippen molar-refractivity contribution in [1.29, 1.82) is 0 Å². The molecule has 0 radical (unpaired) electrons. The van der Waals surface area contributed by atoms with Crippen molar-refractivity contribution in [1.82, 2.24) is 5.32 Å². The third-order valence-corrected chi connectivity index (χ3v) is 5.70. The molecule has 0 spiro atoms. The van der Waals surface area contributed by atoms with Gasteiger partial charge in [0, 0.05) is 11.9 Å². The average molecular weight is 316 g/mol. The summed E-state index contributed by atoms with van der Waals surface area (Å²) in [5.74, 6) is -0.353. The van der Waals surface area contributed by atoms with Crippen LogP contribution in [-0.2, 0) is 14.8 Å². The molecule has 5 nitrogen and oxygen atoms in total. The van der Waals surface area contributed by atoms with Gasteiger partial charge in [0.05, 0.1) is 10.6 Å². The predicted octanol–water partition coefficient (Wildman–Crippen LogP) is 2.04. The van der Waals surface area contributed by atoms with E-state index in [1.54, 1.807) is 37.3 Å². The van der Waals surface area contributed by atoms with Crippen LogP contribution in [0.2, 0.25) is 0 Å². The zero-order valence-electron chi connectivity index (χ0n) is 12.1. The Morgan fingerprint density at radius 2 is 2.00 bits per heavy atom. The number of sulfonamides is 1. The maximum Gasteiger partial charge on any atom is 0.265 e. The SMILES string of the molecule is C=CCNC(=O)[C@H](C)N1c2cccc3cccc(c23)S1(=O)=O. The van der Waals surface area contributed by atoms with Gasteiger partial charge in [0.15, 0.2) is 0 Å². The standard InChI is InChI=1S/C16H16N2O3S/c1-3-10-17-16(19)11(2)18-13-8-4-6-12-7-5-9-14(15(12)13)22(18,20)21/h3-9,11H,1,10H2,2H3,(H,17,19)/t11-/m0/s1. The number of nitrogens with one attached hydrogen (secondary N) is 1. The first-order chi connectivity index (χ1) is 10.5. The second kappa shape index (κ2) is 5.14. The van der Waals surface area contributed by atoms with Crippen LogP contribution in [0.4, 0.5) is 5.69 Å². The summed E-state index contributed by atoms with van der Waals surface area (Å²) >= 11 is 0. The Kier molecular flexibility index (Phi) is 3.41. The second-order valence-corrected chi connectivity index (χ2v) is 6.93. The van der Waals surface area contributed by atoms with Gasteiger partial charge in [0.1, 0.15) is 6.04 Å². The smallest absolute Gasteiger partial charge is 0.265 e. The lowest BCUT2D eigenvalue weighted by Gasteiger charge is -2.25. The molecule has 1 atom stereocenters. The Hall–Kier alpha value is -2.34. The highest BCUT2D eigenvalue weighted by Crippen LogP contribution is 2.42. The number of rotatable bonds is 4. The fraction of sp³-hybridized carbons (Fsp3) is 0.188. The van der Waals surface area contributed by atoms with Crippen LogP contribution in [0.3, 0.4) is 0 Å². The Morgan fingerprint density at radius 1 is 1.32 bits per heavy atom. The maximum absolute atomic E-state index is 12.8. The van der Waals surface area contributed by atoms with Crippen molar-refractivity contribution >= 4 is 32.4 Å². The molecule has 2 aromatic carbocycles. The minimum absolute atomic E-state index is 0.254. The maximum atomic E-state index is 12.8. The molecule has 2 aromatic rings. The molecule has 1 aliphatic heterocycles. The first-order valence-corrected chi connectivity index (χ1v) is 8.37. The number of carbonyl (C=O) groups excluding carboxylic acids is 1. The lowest BCUT2D eigenvalue weighted by Crippen LogP contribution is -2.46. The zero-order chi connectivity index (χ0) is 15.9. The van der Waals surface area contributed by atoms with Crippen LogP contribution in [-0.4, -0.2) is 26.9 Å². The van der Waals surface area contributed by atoms with Gasteiger partial charge >= 0.3 is 0 Å². The highest BCUT2D eigenvalue weighted by Gasteiger charge is 2.40. The van der Waals surface area contributed by atoms with Crippen molar-refractivity contribution in [2.45, 2.75) is 17.9 Å². The van der Waals surface area contributed by atoms with Crippen molar-refractivity contribution in [3.63, 3.8) is 0 Å². The van der Waals surface area contributed by atoms with Gasteiger partial charge in [-0.15, -0.1) is 6.58 Å². The van der Waals surface area contributed by atoms with Crippen LogP contribution < -0.4 is 9.62 Å². The summed E-state index contributed by atoms with van der Waals surface area (Å²) in [6.07, 6.45) is 1.55. The van der Waals surface area contributed by atoms with Gasteiger partial charge in [0.2, 0.25) is 5.91 Å². The van der Waals surface area contributed by atoms with Crippen LogP contribution in [0.5, 0.6) is 0 Å². The Balaban J connectivity index is 2.13. The van der Waals surface area contributed by atoms with E-state index in [4.69, 9.17) is 0 Å². The summed E-state index contributed by atoms with van der Waals surface area (Å²) in [6.45, 7) is 5.42. The van der Waals surface area contributed by atoms with Crippen LogP contribution >= 0.6 is 0 Å². The molecule has 0 bridgehead atoms. The molecular weight excluding hydrogens is 300 g/mol. The molecule has 6 heteroatoms. The largest absolute Gasteiger partial charge is 0.351 e. The van der Waals surface area contributed by atoms with Crippen molar-refractivity contribution in [3.8, 4) is 0 Å². The summed E-state index contributed by atoms with van der Waals surface area (Å²) in [6, 6.07) is 9.72. The van der Waals surface area contributed by atoms with Crippen LogP contribution in [0.15, 0.2) is 53.9 Å². The lowest BCUT2D eigenvalue weighted by molar-refractivity contribution is -0.121. The molecule has 0 saturated carbocycles. The van der Waals surface area contributed by atoms with Gasteiger partial charge in [-0.2, -0.15) is 0 Å². The molecule has 0 unspecified atom stereocenters. The van der Waals surface area contributed by atoms with Gasteiger partial charge in [-0.1, -0.05) is 30.3 Å². The van der Waals surface area contributed by atoms with Crippen LogP contribution in [0.25, 0.3) is 10.8 Å². The second-order valence-electron chi connectivity index (χ2n) is 5.14. The molecule has 1 N–H and O–H groups in total. The number of nitrogens with zero attached hydrogens (tertiary/aromatic N) is 1. The molecule has 1 aliphatic rings. The zero-order valence-corrected chi connectivity index (χ0v) is 12.9. The third kappa shape index (κ3) is 1.99. The van der Waals surface area contributed by atoms with Crippen molar-refractivity contribution in [2.24, 2.45) is 0 Å². The number of benzene rings is 2. The molecule has 1 heterocycles. The number of hydrogen-bond acceptors (Lipinski definition) is 3. The fourth-order valence-electron chi connectivity index (χ4n) is 2.77. The first-order valence-electron chi connectivity index (χ1n) is 6.93. The van der Waals surface area contributed by atoms with E-state index in [1.165, 1.54) is 4.31 Å². The summed E-state index contributed by atoms with van der Waals surface area (Å²) in [5, 5.41) is 4.16. The third-order valence-electron chi connectivity index (χ3n) is 3.77. The van der Waals surface area contributed by atoms with E-state index in [9.17, 15) is 13.2 Å². The molecule has 22 heavy (non-hydrogen) atoms. The van der Waals surface area contributed by atoms with E-state index in [0.717, 1.165) is 5.39 Å². The molecule has 1 amide bonds. The van der Waals surface area contributed by atoms with Crippen molar-refractivity contribution in [3.05, 3.63) is 49.1 Å². The van der Waals surface area contributed by atoms with E-state index in [-0.39, 0.29) is 10.8 Å². The molecular formula is C16H16N2O3S. The summed E-state index contributed by atoms with van der Waals surface area (Å²) < 4.78 is 26.8. The van der Waals surface area contributed by atoms with E-state index in [1.807, 2.05) is 12.1 Å². The summed E-state index contributed by atoms with van der Waals surface area (Å²) in [5.41, 5.74) is 0.550. The van der Waals surface area contributed by atoms with E-state index in [0.29, 0.717) is 17.6 Å². The van der Waals surface area contributed by atoms with Gasteiger partial charge in [-0.25, -0.2) is 8.42 Å². The van der Waals surface area contributed by atoms with Gasteiger partial charge in [-0.05, 0) is 24.4 Å². The minimum Gasteiger partial charge on any atom is -0.351 e. The normalized spacial score (nSPS) is 16.5. The van der Waals surface area contributed by atoms with E-state index < -0.39 is 16.1 Å². The molecule has 0 aliphatic carbocycles. The fourth-order valence-corrected chi connectivity index (χ4v) is 4.63. The quantitative estimate of drug-likeness (QED) is 0.878. The lowest BCUT2D eigenvalue weighted by atomic mass is 10.1. The topological polar surface area (TPSA) is 66.5 Å². The number of hydrogen-bond donors (Lipinski definition) is 1. The Morgan fingerprint density at radius 3 is 2.68 bits per heavy atom. The van der Waals surface area contributed by atoms with Gasteiger partial charge in [0.25, 0.3) is 10.0 Å². The monoisotopic (exact) mass is 316 g/mol. The van der Waals surface area contributed by atoms with Crippen molar-refractivity contribution in [2.75, 3.05) is 10.8 Å². The van der Waals surface area contributed by atoms with Crippen molar-refractivity contribution < 1.29 is 13.2 Å². The average Bonchev–Trinajstić information content (AvgIpc) is 2.74.